The van der Waals surface area contributed by atoms with Gasteiger partial charge in [-0.15, -0.1) is 0 Å². The van der Waals surface area contributed by atoms with Crippen molar-refractivity contribution >= 4 is 31.4 Å². The molecule has 31 heavy (non-hydrogen) atoms. The third-order valence-electron chi connectivity index (χ3n) is 4.07. The number of anilines is 2. The lowest BCUT2D eigenvalue weighted by Crippen LogP contribution is -2.30. The molecule has 0 atom stereocenters. The summed E-state index contributed by atoms with van der Waals surface area (Å²) in [5.41, 5.74) is 6.29. The summed E-state index contributed by atoms with van der Waals surface area (Å²) >= 11 is 0. The van der Waals surface area contributed by atoms with Gasteiger partial charge in [-0.1, -0.05) is 23.8 Å². The standard InChI is InChI=1S/C20H22N4O5S2/c1-15-5-3-7-19(13-15)30(25,26)23-17-6-4-8-20(14-17)31(27,28)22-16-9-11-18(12-10-16)29-24-21-2/h3-14,21-24H,1-2H3. The van der Waals surface area contributed by atoms with E-state index in [0.29, 0.717) is 11.4 Å². The highest BCUT2D eigenvalue weighted by Crippen LogP contribution is 2.23. The fourth-order valence-corrected chi connectivity index (χ4v) is 4.90. The summed E-state index contributed by atoms with van der Waals surface area (Å²) in [6, 6.07) is 18.2. The Hall–Kier alpha value is -3.12. The normalized spacial score (nSPS) is 11.7. The van der Waals surface area contributed by atoms with Crippen molar-refractivity contribution in [1.82, 2.24) is 11.0 Å². The van der Waals surface area contributed by atoms with Gasteiger partial charge in [-0.3, -0.25) is 9.44 Å². The monoisotopic (exact) mass is 462 g/mol. The van der Waals surface area contributed by atoms with E-state index in [4.69, 9.17) is 4.84 Å². The van der Waals surface area contributed by atoms with Crippen LogP contribution < -0.4 is 25.3 Å². The quantitative estimate of drug-likeness (QED) is 0.360. The van der Waals surface area contributed by atoms with Crippen LogP contribution in [0.1, 0.15) is 5.56 Å². The van der Waals surface area contributed by atoms with E-state index in [1.54, 1.807) is 38.2 Å². The number of nitrogens with one attached hydrogen (secondary N) is 4. The average molecular weight is 463 g/mol. The largest absolute Gasteiger partial charge is 0.394 e. The fourth-order valence-electron chi connectivity index (χ4n) is 2.64. The van der Waals surface area contributed by atoms with Gasteiger partial charge in [0.25, 0.3) is 20.0 Å². The van der Waals surface area contributed by atoms with Gasteiger partial charge in [-0.2, -0.15) is 0 Å². The van der Waals surface area contributed by atoms with Gasteiger partial charge >= 0.3 is 0 Å². The van der Waals surface area contributed by atoms with Crippen molar-refractivity contribution in [2.24, 2.45) is 0 Å². The molecule has 0 unspecified atom stereocenters. The molecule has 0 aliphatic carbocycles. The molecule has 164 valence electrons. The summed E-state index contributed by atoms with van der Waals surface area (Å²) in [5, 5.41) is 0. The second-order valence-electron chi connectivity index (χ2n) is 6.53. The molecule has 3 rings (SSSR count). The van der Waals surface area contributed by atoms with Gasteiger partial charge in [0.05, 0.1) is 15.5 Å². The molecule has 0 saturated heterocycles. The van der Waals surface area contributed by atoms with Gasteiger partial charge in [0.1, 0.15) is 5.75 Å². The van der Waals surface area contributed by atoms with Gasteiger partial charge < -0.3 is 4.84 Å². The Labute approximate surface area is 181 Å². The highest BCUT2D eigenvalue weighted by Gasteiger charge is 2.18. The van der Waals surface area contributed by atoms with Gasteiger partial charge in [0.2, 0.25) is 0 Å². The molecule has 9 nitrogen and oxygen atoms in total. The molecule has 0 spiro atoms. The summed E-state index contributed by atoms with van der Waals surface area (Å²) in [6.07, 6.45) is 0. The Balaban J connectivity index is 1.78. The lowest BCUT2D eigenvalue weighted by atomic mass is 10.2. The first-order valence-electron chi connectivity index (χ1n) is 9.11. The molecule has 4 N–H and O–H groups in total. The smallest absolute Gasteiger partial charge is 0.261 e. The zero-order chi connectivity index (χ0) is 22.5. The van der Waals surface area contributed by atoms with E-state index < -0.39 is 20.0 Å². The maximum absolute atomic E-state index is 12.7. The van der Waals surface area contributed by atoms with Crippen LogP contribution in [0.3, 0.4) is 0 Å². The van der Waals surface area contributed by atoms with E-state index >= 15 is 0 Å². The van der Waals surface area contributed by atoms with Crippen molar-refractivity contribution in [3.05, 3.63) is 78.4 Å². The summed E-state index contributed by atoms with van der Waals surface area (Å²) in [7, 11) is -6.17. The van der Waals surface area contributed by atoms with E-state index in [-0.39, 0.29) is 15.5 Å². The Morgan fingerprint density at radius 1 is 0.710 bits per heavy atom. The van der Waals surface area contributed by atoms with E-state index in [9.17, 15) is 16.8 Å². The summed E-state index contributed by atoms with van der Waals surface area (Å²) in [5.74, 6) is 0.477. The topological polar surface area (TPSA) is 126 Å². The average Bonchev–Trinajstić information content (AvgIpc) is 2.73. The van der Waals surface area contributed by atoms with Crippen molar-refractivity contribution in [3.63, 3.8) is 0 Å². The molecule has 0 bridgehead atoms. The number of hydrogen-bond donors (Lipinski definition) is 4. The van der Waals surface area contributed by atoms with E-state index in [2.05, 4.69) is 20.5 Å². The Bertz CT molecular complexity index is 1260. The minimum absolute atomic E-state index is 0.0888. The first kappa shape index (κ1) is 22.6. The first-order chi connectivity index (χ1) is 14.7. The third kappa shape index (κ3) is 5.95. The van der Waals surface area contributed by atoms with Crippen LogP contribution in [-0.4, -0.2) is 23.9 Å². The van der Waals surface area contributed by atoms with Gasteiger partial charge in [0.15, 0.2) is 0 Å². The zero-order valence-electron chi connectivity index (χ0n) is 16.8. The molecule has 0 aliphatic rings. The number of aryl methyl sites for hydroxylation is 1. The van der Waals surface area contributed by atoms with Gasteiger partial charge in [0, 0.05) is 12.7 Å². The van der Waals surface area contributed by atoms with Crippen LogP contribution in [0, 0.1) is 6.92 Å². The SMILES string of the molecule is CNNOc1ccc(NS(=O)(=O)c2cccc(NS(=O)(=O)c3cccc(C)c3)c2)cc1. The van der Waals surface area contributed by atoms with Crippen LogP contribution in [0.2, 0.25) is 0 Å². The Morgan fingerprint density at radius 2 is 1.29 bits per heavy atom. The van der Waals surface area contributed by atoms with Crippen molar-refractivity contribution in [2.45, 2.75) is 16.7 Å². The maximum atomic E-state index is 12.7. The predicted molar refractivity (Wildman–Crippen MR) is 119 cm³/mol. The van der Waals surface area contributed by atoms with E-state index in [1.165, 1.54) is 48.5 Å². The minimum Gasteiger partial charge on any atom is -0.394 e. The summed E-state index contributed by atoms with van der Waals surface area (Å²) in [6.45, 7) is 1.79. The van der Waals surface area contributed by atoms with Crippen LogP contribution in [0.25, 0.3) is 0 Å². The molecule has 0 aromatic heterocycles. The van der Waals surface area contributed by atoms with Crippen LogP contribution in [0.4, 0.5) is 11.4 Å². The molecule has 0 aliphatic heterocycles. The summed E-state index contributed by atoms with van der Waals surface area (Å²) < 4.78 is 55.6. The van der Waals surface area contributed by atoms with Crippen molar-refractivity contribution < 1.29 is 21.7 Å². The molecular formula is C20H22N4O5S2. The van der Waals surface area contributed by atoms with Gasteiger partial charge in [-0.25, -0.2) is 22.3 Å². The second-order valence-corrected chi connectivity index (χ2v) is 9.90. The maximum Gasteiger partial charge on any atom is 0.261 e. The van der Waals surface area contributed by atoms with E-state index in [1.807, 2.05) is 0 Å². The molecule has 0 radical (unpaired) electrons. The van der Waals surface area contributed by atoms with Crippen molar-refractivity contribution in [3.8, 4) is 5.75 Å². The highest BCUT2D eigenvalue weighted by atomic mass is 32.2. The first-order valence-corrected chi connectivity index (χ1v) is 12.1. The highest BCUT2D eigenvalue weighted by molar-refractivity contribution is 7.93. The van der Waals surface area contributed by atoms with E-state index in [0.717, 1.165) is 5.56 Å². The second kappa shape index (κ2) is 9.35. The number of benzene rings is 3. The molecule has 0 heterocycles. The summed E-state index contributed by atoms with van der Waals surface area (Å²) in [4.78, 5) is 5.13. The molecule has 0 fully saturated rings. The minimum atomic E-state index is -3.95. The number of sulfonamides is 2. The fraction of sp³-hybridized carbons (Fsp3) is 0.100. The number of hydrazine groups is 1. The van der Waals surface area contributed by atoms with Crippen LogP contribution in [0.15, 0.2) is 82.6 Å². The van der Waals surface area contributed by atoms with Gasteiger partial charge in [-0.05, 0) is 67.1 Å². The molecule has 0 saturated carbocycles. The molecule has 3 aromatic carbocycles. The number of hydrogen-bond acceptors (Lipinski definition) is 7. The van der Waals surface area contributed by atoms with Crippen LogP contribution in [-0.2, 0) is 20.0 Å². The number of rotatable bonds is 9. The molecular weight excluding hydrogens is 440 g/mol. The molecule has 3 aromatic rings. The Morgan fingerprint density at radius 3 is 1.90 bits per heavy atom. The molecule has 11 heteroatoms. The zero-order valence-corrected chi connectivity index (χ0v) is 18.4. The van der Waals surface area contributed by atoms with Crippen LogP contribution >= 0.6 is 0 Å². The Kier molecular flexibility index (Phi) is 6.81. The lowest BCUT2D eigenvalue weighted by Gasteiger charge is -2.12. The van der Waals surface area contributed by atoms with Crippen LogP contribution in [0.5, 0.6) is 5.75 Å². The predicted octanol–water partition coefficient (Wildman–Crippen LogP) is 2.61. The van der Waals surface area contributed by atoms with Crippen molar-refractivity contribution in [2.75, 3.05) is 16.5 Å². The lowest BCUT2D eigenvalue weighted by molar-refractivity contribution is 0.160. The third-order valence-corrected chi connectivity index (χ3v) is 6.83. The van der Waals surface area contributed by atoms with Crippen molar-refractivity contribution in [1.29, 1.82) is 0 Å². The molecule has 0 amide bonds.